The maximum atomic E-state index is 12.0. The van der Waals surface area contributed by atoms with Crippen LogP contribution >= 0.6 is 11.3 Å². The fourth-order valence-corrected chi connectivity index (χ4v) is 2.49. The molecule has 0 aliphatic heterocycles. The van der Waals surface area contributed by atoms with Gasteiger partial charge in [0.05, 0.1) is 5.92 Å². The molecule has 1 aromatic heterocycles. The molecule has 1 amide bonds. The van der Waals surface area contributed by atoms with E-state index in [0.29, 0.717) is 5.56 Å². The standard InChI is InChI=1S/C13H11F2NO2S/c14-13(15)18-10-3-1-8(2-4-10)11(12(16)17)9-5-6-19-7-9/h1-7,11,13H,(H2,16,17). The molecule has 0 saturated carbocycles. The second kappa shape index (κ2) is 5.79. The largest absolute Gasteiger partial charge is 0.435 e. The molecule has 0 spiro atoms. The van der Waals surface area contributed by atoms with Crippen molar-refractivity contribution in [1.29, 1.82) is 0 Å². The lowest BCUT2D eigenvalue weighted by Crippen LogP contribution is -2.21. The van der Waals surface area contributed by atoms with E-state index in [2.05, 4.69) is 4.74 Å². The van der Waals surface area contributed by atoms with E-state index in [4.69, 9.17) is 5.73 Å². The number of alkyl halides is 2. The highest BCUT2D eigenvalue weighted by atomic mass is 32.1. The minimum absolute atomic E-state index is 0.0484. The maximum absolute atomic E-state index is 12.0. The molecule has 0 saturated heterocycles. The Balaban J connectivity index is 2.26. The summed E-state index contributed by atoms with van der Waals surface area (Å²) in [5.41, 5.74) is 6.83. The number of halogens is 2. The Hall–Kier alpha value is -1.95. The average Bonchev–Trinajstić information content (AvgIpc) is 2.84. The monoisotopic (exact) mass is 283 g/mol. The minimum atomic E-state index is -2.87. The molecule has 19 heavy (non-hydrogen) atoms. The third kappa shape index (κ3) is 3.29. The second-order valence-corrected chi connectivity index (χ2v) is 4.62. The van der Waals surface area contributed by atoms with Gasteiger partial charge in [0, 0.05) is 0 Å². The Morgan fingerprint density at radius 3 is 2.32 bits per heavy atom. The van der Waals surface area contributed by atoms with Crippen molar-refractivity contribution >= 4 is 17.2 Å². The van der Waals surface area contributed by atoms with Gasteiger partial charge in [0.15, 0.2) is 0 Å². The molecule has 2 N–H and O–H groups in total. The number of carbonyl (C=O) groups excluding carboxylic acids is 1. The topological polar surface area (TPSA) is 52.3 Å². The van der Waals surface area contributed by atoms with Gasteiger partial charge in [-0.1, -0.05) is 12.1 Å². The molecule has 0 aliphatic rings. The maximum Gasteiger partial charge on any atom is 0.387 e. The van der Waals surface area contributed by atoms with E-state index in [9.17, 15) is 13.6 Å². The molecule has 1 unspecified atom stereocenters. The minimum Gasteiger partial charge on any atom is -0.435 e. The normalized spacial score (nSPS) is 12.4. The summed E-state index contributed by atoms with van der Waals surface area (Å²) in [5.74, 6) is -1.01. The van der Waals surface area contributed by atoms with Gasteiger partial charge in [-0.25, -0.2) is 0 Å². The Morgan fingerprint density at radius 1 is 1.16 bits per heavy atom. The number of benzene rings is 1. The highest BCUT2D eigenvalue weighted by Crippen LogP contribution is 2.28. The molecule has 1 aromatic carbocycles. The number of hydrogen-bond acceptors (Lipinski definition) is 3. The van der Waals surface area contributed by atoms with Gasteiger partial charge in [-0.2, -0.15) is 20.1 Å². The Kier molecular flexibility index (Phi) is 4.11. The van der Waals surface area contributed by atoms with E-state index >= 15 is 0 Å². The van der Waals surface area contributed by atoms with Gasteiger partial charge in [-0.3, -0.25) is 4.79 Å². The van der Waals surface area contributed by atoms with Crippen LogP contribution < -0.4 is 10.5 Å². The van der Waals surface area contributed by atoms with Crippen LogP contribution in [0.2, 0.25) is 0 Å². The third-order valence-corrected chi connectivity index (χ3v) is 3.30. The highest BCUT2D eigenvalue weighted by Gasteiger charge is 2.20. The SMILES string of the molecule is NC(=O)C(c1ccc(OC(F)F)cc1)c1ccsc1. The molecule has 2 rings (SSSR count). The number of primary amides is 1. The summed E-state index contributed by atoms with van der Waals surface area (Å²) in [7, 11) is 0. The van der Waals surface area contributed by atoms with Crippen LogP contribution in [0.25, 0.3) is 0 Å². The van der Waals surface area contributed by atoms with Crippen molar-refractivity contribution in [3.8, 4) is 5.75 Å². The van der Waals surface area contributed by atoms with Crippen molar-refractivity contribution in [2.24, 2.45) is 5.73 Å². The van der Waals surface area contributed by atoms with E-state index in [-0.39, 0.29) is 5.75 Å². The summed E-state index contributed by atoms with van der Waals surface area (Å²) in [6, 6.07) is 7.72. The summed E-state index contributed by atoms with van der Waals surface area (Å²) in [6.07, 6.45) is 0. The van der Waals surface area contributed by atoms with Crippen molar-refractivity contribution in [3.05, 3.63) is 52.2 Å². The Labute approximate surface area is 112 Å². The van der Waals surface area contributed by atoms with Crippen molar-refractivity contribution in [2.75, 3.05) is 0 Å². The van der Waals surface area contributed by atoms with Crippen LogP contribution in [0.3, 0.4) is 0 Å². The fraction of sp³-hybridized carbons (Fsp3) is 0.154. The first-order valence-corrected chi connectivity index (χ1v) is 6.38. The number of thiophene rings is 1. The number of hydrogen-bond donors (Lipinski definition) is 1. The summed E-state index contributed by atoms with van der Waals surface area (Å²) < 4.78 is 28.3. The lowest BCUT2D eigenvalue weighted by molar-refractivity contribution is -0.118. The molecule has 3 nitrogen and oxygen atoms in total. The zero-order valence-electron chi connectivity index (χ0n) is 9.75. The smallest absolute Gasteiger partial charge is 0.387 e. The highest BCUT2D eigenvalue weighted by molar-refractivity contribution is 7.08. The molecule has 2 aromatic rings. The Morgan fingerprint density at radius 2 is 1.84 bits per heavy atom. The van der Waals surface area contributed by atoms with Crippen molar-refractivity contribution in [3.63, 3.8) is 0 Å². The first kappa shape index (κ1) is 13.5. The van der Waals surface area contributed by atoms with Gasteiger partial charge in [0.2, 0.25) is 5.91 Å². The molecular weight excluding hydrogens is 272 g/mol. The van der Waals surface area contributed by atoms with Crippen LogP contribution in [-0.4, -0.2) is 12.5 Å². The average molecular weight is 283 g/mol. The van der Waals surface area contributed by atoms with Gasteiger partial charge in [0.25, 0.3) is 0 Å². The quantitative estimate of drug-likeness (QED) is 0.917. The number of amides is 1. The van der Waals surface area contributed by atoms with Crippen molar-refractivity contribution in [1.82, 2.24) is 0 Å². The summed E-state index contributed by atoms with van der Waals surface area (Å²) in [4.78, 5) is 11.5. The fourth-order valence-electron chi connectivity index (χ4n) is 1.80. The van der Waals surface area contributed by atoms with Gasteiger partial charge in [-0.15, -0.1) is 0 Å². The molecule has 0 bridgehead atoms. The number of carbonyl (C=O) groups is 1. The van der Waals surface area contributed by atoms with Crippen LogP contribution in [0.5, 0.6) is 5.75 Å². The van der Waals surface area contributed by atoms with E-state index in [0.717, 1.165) is 5.56 Å². The first-order chi connectivity index (χ1) is 9.08. The first-order valence-electron chi connectivity index (χ1n) is 5.44. The van der Waals surface area contributed by atoms with Crippen molar-refractivity contribution < 1.29 is 18.3 Å². The van der Waals surface area contributed by atoms with E-state index in [1.807, 2.05) is 16.8 Å². The molecule has 0 radical (unpaired) electrons. The van der Waals surface area contributed by atoms with Crippen LogP contribution in [-0.2, 0) is 4.79 Å². The van der Waals surface area contributed by atoms with Crippen LogP contribution in [0.15, 0.2) is 41.1 Å². The zero-order valence-corrected chi connectivity index (χ0v) is 10.6. The van der Waals surface area contributed by atoms with Crippen LogP contribution in [0.1, 0.15) is 17.0 Å². The van der Waals surface area contributed by atoms with Crippen LogP contribution in [0, 0.1) is 0 Å². The Bertz CT molecular complexity index is 540. The summed E-state index contributed by atoms with van der Waals surface area (Å²) in [5, 5.41) is 3.68. The molecule has 1 heterocycles. The predicted octanol–water partition coefficient (Wildman–Crippen LogP) is 2.97. The van der Waals surface area contributed by atoms with Gasteiger partial charge < -0.3 is 10.5 Å². The third-order valence-electron chi connectivity index (χ3n) is 2.60. The molecule has 100 valence electrons. The van der Waals surface area contributed by atoms with Crippen LogP contribution in [0.4, 0.5) is 8.78 Å². The predicted molar refractivity (Wildman–Crippen MR) is 68.4 cm³/mol. The van der Waals surface area contributed by atoms with Gasteiger partial charge >= 0.3 is 6.61 Å². The van der Waals surface area contributed by atoms with Gasteiger partial charge in [0.1, 0.15) is 5.75 Å². The van der Waals surface area contributed by atoms with Gasteiger partial charge in [-0.05, 0) is 40.1 Å². The molecule has 6 heteroatoms. The number of nitrogens with two attached hydrogens (primary N) is 1. The molecule has 0 aliphatic carbocycles. The molecule has 0 fully saturated rings. The molecule has 1 atom stereocenters. The van der Waals surface area contributed by atoms with E-state index in [1.54, 1.807) is 12.1 Å². The summed E-state index contributed by atoms with van der Waals surface area (Å²) in [6.45, 7) is -2.87. The second-order valence-electron chi connectivity index (χ2n) is 3.84. The number of ether oxygens (including phenoxy) is 1. The summed E-state index contributed by atoms with van der Waals surface area (Å²) >= 11 is 1.46. The lowest BCUT2D eigenvalue weighted by Gasteiger charge is -2.13. The number of rotatable bonds is 5. The van der Waals surface area contributed by atoms with Crippen molar-refractivity contribution in [2.45, 2.75) is 12.5 Å². The molecular formula is C13H11F2NO2S. The van der Waals surface area contributed by atoms with E-state index < -0.39 is 18.4 Å². The van der Waals surface area contributed by atoms with E-state index in [1.165, 1.54) is 23.5 Å². The zero-order chi connectivity index (χ0) is 13.8. The lowest BCUT2D eigenvalue weighted by atomic mass is 9.93.